The largest absolute Gasteiger partial charge is 1.00 e. The molecule has 0 aliphatic heterocycles. The van der Waals surface area contributed by atoms with E-state index >= 15 is 0 Å². The summed E-state index contributed by atoms with van der Waals surface area (Å²) >= 11 is 0. The number of esters is 1. The molecule has 3 aromatic heterocycles. The smallest absolute Gasteiger partial charge is 0.465 e. The third kappa shape index (κ3) is 6.35. The number of hydrogen-bond acceptors (Lipinski definition) is 10. The van der Waals surface area contributed by atoms with Gasteiger partial charge in [-0.2, -0.15) is 4.98 Å². The van der Waals surface area contributed by atoms with Crippen LogP contribution in [0.2, 0.25) is 0 Å². The van der Waals surface area contributed by atoms with Crippen molar-refractivity contribution in [1.29, 1.82) is 0 Å². The predicted molar refractivity (Wildman–Crippen MR) is 149 cm³/mol. The van der Waals surface area contributed by atoms with E-state index in [1.54, 1.807) is 25.1 Å². The molecule has 0 aliphatic carbocycles. The fraction of sp³-hybridized carbons (Fsp3) is 0.167. The van der Waals surface area contributed by atoms with Gasteiger partial charge in [0.25, 0.3) is 6.01 Å². The number of imidazole rings is 1. The van der Waals surface area contributed by atoms with Crippen LogP contribution in [0, 0.1) is 6.92 Å². The minimum atomic E-state index is -0.859. The number of aromatic nitrogens is 4. The first-order valence-electron chi connectivity index (χ1n) is 13.0. The Morgan fingerprint density at radius 2 is 1.74 bits per heavy atom. The summed E-state index contributed by atoms with van der Waals surface area (Å²) in [5.74, 6) is -1.38. The summed E-state index contributed by atoms with van der Waals surface area (Å²) in [6.45, 7) is 3.88. The quantitative estimate of drug-likeness (QED) is 0.190. The van der Waals surface area contributed by atoms with Crippen LogP contribution in [-0.2, 0) is 17.9 Å². The molecule has 3 heterocycles. The van der Waals surface area contributed by atoms with E-state index in [9.17, 15) is 14.4 Å². The number of nitrogens with zero attached hydrogens (tertiary/aromatic N) is 3. The van der Waals surface area contributed by atoms with Crippen molar-refractivity contribution in [3.63, 3.8) is 0 Å². The molecule has 13 heteroatoms. The molecule has 0 atom stereocenters. The molecule has 0 saturated carbocycles. The fourth-order valence-corrected chi connectivity index (χ4v) is 4.69. The van der Waals surface area contributed by atoms with Gasteiger partial charge in [0.15, 0.2) is 24.0 Å². The summed E-state index contributed by atoms with van der Waals surface area (Å²) in [5.41, 5.74) is 4.80. The van der Waals surface area contributed by atoms with Crippen LogP contribution in [0.4, 0.5) is 0 Å². The minimum absolute atomic E-state index is 0. The number of carbonyl (C=O) groups is 1. The summed E-state index contributed by atoms with van der Waals surface area (Å²) in [4.78, 5) is 43.2. The molecule has 0 radical (unpaired) electrons. The number of aromatic amines is 1. The molecule has 0 bridgehead atoms. The summed E-state index contributed by atoms with van der Waals surface area (Å²) in [6.07, 6.45) is 0. The van der Waals surface area contributed by atoms with Gasteiger partial charge in [0.1, 0.15) is 0 Å². The summed E-state index contributed by atoms with van der Waals surface area (Å²) in [5, 5.41) is 3.83. The number of para-hydroxylation sites is 1. The van der Waals surface area contributed by atoms with Gasteiger partial charge >= 0.3 is 68.9 Å². The number of H-pyrrole nitrogens is 1. The fourth-order valence-electron chi connectivity index (χ4n) is 4.69. The van der Waals surface area contributed by atoms with E-state index in [0.717, 1.165) is 22.3 Å². The van der Waals surface area contributed by atoms with Gasteiger partial charge < -0.3 is 18.3 Å². The van der Waals surface area contributed by atoms with E-state index in [0.29, 0.717) is 36.0 Å². The molecule has 0 aliphatic rings. The Kier molecular flexibility index (Phi) is 9.27. The third-order valence-electron chi connectivity index (χ3n) is 6.62. The molecule has 6 rings (SSSR count). The van der Waals surface area contributed by atoms with Gasteiger partial charge in [0.2, 0.25) is 0 Å². The van der Waals surface area contributed by atoms with Gasteiger partial charge in [-0.3, -0.25) is 14.1 Å². The first-order chi connectivity index (χ1) is 20.4. The Morgan fingerprint density at radius 3 is 2.42 bits per heavy atom. The second-order valence-corrected chi connectivity index (χ2v) is 9.28. The van der Waals surface area contributed by atoms with E-state index in [2.05, 4.69) is 19.6 Å². The number of nitrogens with one attached hydrogen (secondary N) is 1. The van der Waals surface area contributed by atoms with Gasteiger partial charge in [0.05, 0.1) is 29.7 Å². The van der Waals surface area contributed by atoms with E-state index < -0.39 is 17.5 Å². The molecule has 0 saturated heterocycles. The van der Waals surface area contributed by atoms with Gasteiger partial charge in [0, 0.05) is 5.56 Å². The van der Waals surface area contributed by atoms with Crippen molar-refractivity contribution < 1.29 is 79.0 Å². The van der Waals surface area contributed by atoms with Gasteiger partial charge in [-0.15, -0.1) is 0 Å². The maximum Gasteiger partial charge on any atom is 1.00 e. The van der Waals surface area contributed by atoms with E-state index in [-0.39, 0.29) is 75.1 Å². The zero-order valence-electron chi connectivity index (χ0n) is 23.6. The predicted octanol–water partition coefficient (Wildman–Crippen LogP) is 1.71. The summed E-state index contributed by atoms with van der Waals surface area (Å²) in [7, 11) is 0. The van der Waals surface area contributed by atoms with E-state index in [1.807, 2.05) is 60.0 Å². The number of rotatable bonds is 9. The first kappa shape index (κ1) is 30.4. The summed E-state index contributed by atoms with van der Waals surface area (Å²) in [6, 6.07) is 20.9. The van der Waals surface area contributed by atoms with Crippen molar-refractivity contribution in [1.82, 2.24) is 19.7 Å². The van der Waals surface area contributed by atoms with Crippen LogP contribution in [0.1, 0.15) is 34.4 Å². The first-order valence-corrected chi connectivity index (χ1v) is 13.0. The van der Waals surface area contributed by atoms with Crippen LogP contribution in [0.15, 0.2) is 89.7 Å². The van der Waals surface area contributed by atoms with Gasteiger partial charge in [-0.05, 0) is 42.7 Å². The molecule has 0 fully saturated rings. The Morgan fingerprint density at radius 1 is 0.977 bits per heavy atom. The Labute approximate surface area is 286 Å². The topological polar surface area (TPSA) is 156 Å². The van der Waals surface area contributed by atoms with E-state index in [4.69, 9.17) is 18.3 Å². The molecular weight excluding hydrogens is 583 g/mol. The van der Waals surface area contributed by atoms with Crippen molar-refractivity contribution >= 4 is 17.0 Å². The average molecular weight is 608 g/mol. The Hall–Kier alpha value is -4.01. The number of fused-ring (bicyclic) bond motifs is 1. The van der Waals surface area contributed by atoms with Crippen LogP contribution < -0.4 is 67.7 Å². The van der Waals surface area contributed by atoms with Crippen molar-refractivity contribution in [3.8, 4) is 28.5 Å². The van der Waals surface area contributed by atoms with Crippen molar-refractivity contribution in [3.05, 3.63) is 111 Å². The van der Waals surface area contributed by atoms with Crippen molar-refractivity contribution in [2.45, 2.75) is 27.0 Å². The Balaban J connectivity index is 0.00000368. The second kappa shape index (κ2) is 13.1. The molecule has 3 aromatic carbocycles. The zero-order chi connectivity index (χ0) is 29.2. The maximum absolute atomic E-state index is 13.2. The number of benzene rings is 3. The summed E-state index contributed by atoms with van der Waals surface area (Å²) < 4.78 is 27.6. The van der Waals surface area contributed by atoms with Crippen molar-refractivity contribution in [2.75, 3.05) is 6.61 Å². The molecular formula is C30H24KN4O8+. The molecule has 12 nitrogen and oxygen atoms in total. The standard InChI is InChI=1S/C30H24N4O8.K/c1-3-38-28-31-23-10-6-9-22(27(35)39-16-24-17(2)40-30(37)41-24)25(23)34(28)15-18-11-13-19(14-12-18)20-7-4-5-8-21(20)26-32-29(36)42-33-26;/h4-14H,3,15-16H2,1-2H3,(H,32,33,36);/q;+1. The van der Waals surface area contributed by atoms with Crippen LogP contribution in [0.5, 0.6) is 6.01 Å². The zero-order valence-corrected chi connectivity index (χ0v) is 26.7. The monoisotopic (exact) mass is 607 g/mol. The molecule has 1 N–H and O–H groups in total. The normalized spacial score (nSPS) is 10.9. The number of hydrogen-bond donors (Lipinski definition) is 1. The van der Waals surface area contributed by atoms with Gasteiger partial charge in [-0.25, -0.2) is 14.4 Å². The number of carbonyl (C=O) groups excluding carboxylic acids is 1. The minimum Gasteiger partial charge on any atom is -0.465 e. The molecule has 0 amide bonds. The van der Waals surface area contributed by atoms with Crippen LogP contribution in [0.3, 0.4) is 0 Å². The molecule has 212 valence electrons. The van der Waals surface area contributed by atoms with Crippen LogP contribution in [0.25, 0.3) is 33.5 Å². The molecule has 43 heavy (non-hydrogen) atoms. The Bertz CT molecular complexity index is 2020. The second-order valence-electron chi connectivity index (χ2n) is 9.28. The SMILES string of the molecule is CCOc1nc2cccc(C(=O)OCc3oc(=O)oc3C)c2n1Cc1ccc(-c2ccccc2-c2noc(=O)[nH]2)cc1.[K+]. The van der Waals surface area contributed by atoms with Gasteiger partial charge in [-0.1, -0.05) is 59.8 Å². The van der Waals surface area contributed by atoms with E-state index in [1.165, 1.54) is 0 Å². The maximum atomic E-state index is 13.2. The molecule has 0 spiro atoms. The third-order valence-corrected chi connectivity index (χ3v) is 6.62. The number of aryl methyl sites for hydroxylation is 1. The average Bonchev–Trinajstić information content (AvgIpc) is 3.68. The van der Waals surface area contributed by atoms with Crippen LogP contribution in [-0.4, -0.2) is 32.3 Å². The molecule has 0 unspecified atom stereocenters. The number of ether oxygens (including phenoxy) is 2. The molecule has 6 aromatic rings. The van der Waals surface area contributed by atoms with Crippen LogP contribution >= 0.6 is 0 Å². The van der Waals surface area contributed by atoms with Crippen molar-refractivity contribution in [2.24, 2.45) is 0 Å².